The fourth-order valence-electron chi connectivity index (χ4n) is 3.50. The molecule has 0 spiro atoms. The normalized spacial score (nSPS) is 19.2. The molecule has 1 atom stereocenters. The van der Waals surface area contributed by atoms with Crippen LogP contribution < -0.4 is 10.1 Å². The van der Waals surface area contributed by atoms with Crippen molar-refractivity contribution in [3.8, 4) is 5.75 Å². The van der Waals surface area contributed by atoms with E-state index in [0.717, 1.165) is 57.1 Å². The Morgan fingerprint density at radius 3 is 2.84 bits per heavy atom. The molecule has 2 aliphatic heterocycles. The minimum Gasteiger partial charge on any atom is -0.493 e. The molecule has 0 aliphatic carbocycles. The van der Waals surface area contributed by atoms with Crippen LogP contribution in [0, 0.1) is 5.92 Å². The third-order valence-corrected chi connectivity index (χ3v) is 4.93. The number of carbonyl (C=O) groups is 1. The van der Waals surface area contributed by atoms with E-state index in [1.165, 1.54) is 5.56 Å². The SMILES string of the molecule is O=C(c1ccc(NCC2COc3ccccc3C2)nc1)N1CCCC1. The van der Waals surface area contributed by atoms with E-state index in [1.54, 1.807) is 6.20 Å². The second-order valence-corrected chi connectivity index (χ2v) is 6.80. The number of hydrogen-bond donors (Lipinski definition) is 1. The lowest BCUT2D eigenvalue weighted by molar-refractivity contribution is 0.0792. The van der Waals surface area contributed by atoms with E-state index in [4.69, 9.17) is 4.74 Å². The van der Waals surface area contributed by atoms with E-state index in [-0.39, 0.29) is 5.91 Å². The van der Waals surface area contributed by atoms with Crippen molar-refractivity contribution in [1.82, 2.24) is 9.88 Å². The van der Waals surface area contributed by atoms with Gasteiger partial charge in [0.15, 0.2) is 0 Å². The first-order chi connectivity index (χ1) is 12.3. The molecule has 1 fully saturated rings. The molecule has 1 amide bonds. The third kappa shape index (κ3) is 3.60. The molecule has 1 aromatic carbocycles. The highest BCUT2D eigenvalue weighted by atomic mass is 16.5. The van der Waals surface area contributed by atoms with Gasteiger partial charge in [0.25, 0.3) is 5.91 Å². The Labute approximate surface area is 148 Å². The minimum absolute atomic E-state index is 0.0915. The number of fused-ring (bicyclic) bond motifs is 1. The van der Waals surface area contributed by atoms with Crippen LogP contribution in [0.5, 0.6) is 5.75 Å². The summed E-state index contributed by atoms with van der Waals surface area (Å²) in [6.07, 6.45) is 4.89. The summed E-state index contributed by atoms with van der Waals surface area (Å²) in [6.45, 7) is 3.25. The van der Waals surface area contributed by atoms with Crippen LogP contribution in [0.25, 0.3) is 0 Å². The van der Waals surface area contributed by atoms with Crippen molar-refractivity contribution in [2.24, 2.45) is 5.92 Å². The van der Waals surface area contributed by atoms with Crippen LogP contribution in [0.1, 0.15) is 28.8 Å². The summed E-state index contributed by atoms with van der Waals surface area (Å²) in [5.74, 6) is 2.31. The summed E-state index contributed by atoms with van der Waals surface area (Å²) in [4.78, 5) is 18.6. The number of nitrogens with one attached hydrogen (secondary N) is 1. The van der Waals surface area contributed by atoms with Gasteiger partial charge in [0.1, 0.15) is 11.6 Å². The Morgan fingerprint density at radius 2 is 2.04 bits per heavy atom. The lowest BCUT2D eigenvalue weighted by atomic mass is 9.97. The largest absolute Gasteiger partial charge is 0.493 e. The third-order valence-electron chi connectivity index (χ3n) is 4.93. The Balaban J connectivity index is 1.32. The Hall–Kier alpha value is -2.56. The second kappa shape index (κ2) is 7.13. The maximum absolute atomic E-state index is 12.3. The van der Waals surface area contributed by atoms with Crippen LogP contribution in [-0.2, 0) is 6.42 Å². The Kier molecular flexibility index (Phi) is 4.55. The van der Waals surface area contributed by atoms with Crippen molar-refractivity contribution in [2.75, 3.05) is 31.6 Å². The molecule has 130 valence electrons. The summed E-state index contributed by atoms with van der Waals surface area (Å²) in [5, 5.41) is 3.36. The number of amides is 1. The van der Waals surface area contributed by atoms with E-state index >= 15 is 0 Å². The van der Waals surface area contributed by atoms with Crippen molar-refractivity contribution >= 4 is 11.7 Å². The molecule has 2 aromatic rings. The number of ether oxygens (including phenoxy) is 1. The maximum Gasteiger partial charge on any atom is 0.255 e. The summed E-state index contributed by atoms with van der Waals surface area (Å²) in [5.41, 5.74) is 1.93. The number of pyridine rings is 1. The molecule has 1 aromatic heterocycles. The first kappa shape index (κ1) is 15.9. The lowest BCUT2D eigenvalue weighted by Gasteiger charge is -2.25. The summed E-state index contributed by atoms with van der Waals surface area (Å²) >= 11 is 0. The van der Waals surface area contributed by atoms with Crippen molar-refractivity contribution in [2.45, 2.75) is 19.3 Å². The van der Waals surface area contributed by atoms with Crippen molar-refractivity contribution in [3.05, 3.63) is 53.7 Å². The predicted octanol–water partition coefficient (Wildman–Crippen LogP) is 2.98. The molecule has 4 rings (SSSR count). The van der Waals surface area contributed by atoms with Crippen LogP contribution in [-0.4, -0.2) is 42.0 Å². The quantitative estimate of drug-likeness (QED) is 0.932. The molecule has 5 nitrogen and oxygen atoms in total. The number of hydrogen-bond acceptors (Lipinski definition) is 4. The van der Waals surface area contributed by atoms with E-state index < -0.39 is 0 Å². The highest BCUT2D eigenvalue weighted by molar-refractivity contribution is 5.94. The molecule has 1 unspecified atom stereocenters. The Bertz CT molecular complexity index is 739. The fourth-order valence-corrected chi connectivity index (χ4v) is 3.50. The second-order valence-electron chi connectivity index (χ2n) is 6.80. The standard InChI is InChI=1S/C20H23N3O2/c24-20(23-9-3-4-10-23)17-7-8-19(22-13-17)21-12-15-11-16-5-1-2-6-18(16)25-14-15/h1-2,5-8,13,15H,3-4,9-12,14H2,(H,21,22). The molecule has 0 saturated carbocycles. The molecule has 0 radical (unpaired) electrons. The summed E-state index contributed by atoms with van der Waals surface area (Å²) in [7, 11) is 0. The van der Waals surface area contributed by atoms with E-state index in [9.17, 15) is 4.79 Å². The van der Waals surface area contributed by atoms with Crippen LogP contribution in [0.4, 0.5) is 5.82 Å². The Morgan fingerprint density at radius 1 is 1.20 bits per heavy atom. The van der Waals surface area contributed by atoms with Gasteiger partial charge in [0.2, 0.25) is 0 Å². The number of nitrogens with zero attached hydrogens (tertiary/aromatic N) is 2. The molecule has 0 bridgehead atoms. The van der Waals surface area contributed by atoms with Gasteiger partial charge in [0, 0.05) is 31.7 Å². The van der Waals surface area contributed by atoms with Crippen molar-refractivity contribution in [1.29, 1.82) is 0 Å². The maximum atomic E-state index is 12.3. The van der Waals surface area contributed by atoms with Crippen LogP contribution in [0.15, 0.2) is 42.6 Å². The molecule has 25 heavy (non-hydrogen) atoms. The monoisotopic (exact) mass is 337 g/mol. The van der Waals surface area contributed by atoms with E-state index in [0.29, 0.717) is 11.5 Å². The van der Waals surface area contributed by atoms with Gasteiger partial charge < -0.3 is 15.0 Å². The average molecular weight is 337 g/mol. The van der Waals surface area contributed by atoms with Crippen LogP contribution in [0.3, 0.4) is 0 Å². The van der Waals surface area contributed by atoms with Gasteiger partial charge in [0.05, 0.1) is 12.2 Å². The first-order valence-electron chi connectivity index (χ1n) is 8.99. The fraction of sp³-hybridized carbons (Fsp3) is 0.400. The van der Waals surface area contributed by atoms with E-state index in [1.807, 2.05) is 29.2 Å². The molecule has 1 N–H and O–H groups in total. The zero-order valence-corrected chi connectivity index (χ0v) is 14.3. The van der Waals surface area contributed by atoms with Crippen LogP contribution in [0.2, 0.25) is 0 Å². The van der Waals surface area contributed by atoms with E-state index in [2.05, 4.69) is 22.4 Å². The topological polar surface area (TPSA) is 54.5 Å². The zero-order chi connectivity index (χ0) is 17.1. The zero-order valence-electron chi connectivity index (χ0n) is 14.3. The molecule has 3 heterocycles. The average Bonchev–Trinajstić information content (AvgIpc) is 3.21. The number of likely N-dealkylation sites (tertiary alicyclic amines) is 1. The smallest absolute Gasteiger partial charge is 0.255 e. The van der Waals surface area contributed by atoms with Gasteiger partial charge in [-0.05, 0) is 43.0 Å². The number of benzene rings is 1. The van der Waals surface area contributed by atoms with Gasteiger partial charge in [-0.15, -0.1) is 0 Å². The number of carbonyl (C=O) groups excluding carboxylic acids is 1. The number of anilines is 1. The molecule has 5 heteroatoms. The number of rotatable bonds is 4. The summed E-state index contributed by atoms with van der Waals surface area (Å²) in [6, 6.07) is 12.0. The minimum atomic E-state index is 0.0915. The van der Waals surface area contributed by atoms with Gasteiger partial charge in [-0.2, -0.15) is 0 Å². The summed E-state index contributed by atoms with van der Waals surface area (Å²) < 4.78 is 5.82. The van der Waals surface area contributed by atoms with Crippen LogP contribution >= 0.6 is 0 Å². The molecule has 2 aliphatic rings. The van der Waals surface area contributed by atoms with Gasteiger partial charge in [-0.1, -0.05) is 18.2 Å². The number of para-hydroxylation sites is 1. The lowest BCUT2D eigenvalue weighted by Crippen LogP contribution is -2.28. The highest BCUT2D eigenvalue weighted by Crippen LogP contribution is 2.26. The first-order valence-corrected chi connectivity index (χ1v) is 8.99. The van der Waals surface area contributed by atoms with Gasteiger partial charge in [-0.25, -0.2) is 4.98 Å². The molecule has 1 saturated heterocycles. The van der Waals surface area contributed by atoms with Crippen molar-refractivity contribution < 1.29 is 9.53 Å². The molecular formula is C20H23N3O2. The van der Waals surface area contributed by atoms with Crippen molar-refractivity contribution in [3.63, 3.8) is 0 Å². The van der Waals surface area contributed by atoms with Gasteiger partial charge in [-0.3, -0.25) is 4.79 Å². The number of aromatic nitrogens is 1. The highest BCUT2D eigenvalue weighted by Gasteiger charge is 2.21. The van der Waals surface area contributed by atoms with Gasteiger partial charge >= 0.3 is 0 Å². The molecular weight excluding hydrogens is 314 g/mol. The predicted molar refractivity (Wildman–Crippen MR) is 97.0 cm³/mol.